The summed E-state index contributed by atoms with van der Waals surface area (Å²) in [6.45, 7) is 8.02. The molecule has 2 unspecified atom stereocenters. The lowest BCUT2D eigenvalue weighted by atomic mass is 9.73. The molecule has 11 heteroatoms. The number of fused-ring (bicyclic) bond motifs is 2. The lowest BCUT2D eigenvalue weighted by Crippen LogP contribution is -2.48. The van der Waals surface area contributed by atoms with Gasteiger partial charge in [-0.15, -0.1) is 0 Å². The molecule has 2 aliphatic heterocycles. The molecule has 1 N–H and O–H groups in total. The van der Waals surface area contributed by atoms with Crippen molar-refractivity contribution in [3.63, 3.8) is 0 Å². The first-order chi connectivity index (χ1) is 18.2. The minimum atomic E-state index is -0.559. The van der Waals surface area contributed by atoms with Crippen LogP contribution in [-0.4, -0.2) is 56.1 Å². The number of carbonyl (C=O) groups is 1. The predicted octanol–water partition coefficient (Wildman–Crippen LogP) is 4.93. The molecule has 5 heterocycles. The van der Waals surface area contributed by atoms with E-state index in [1.54, 1.807) is 0 Å². The Bertz CT molecular complexity index is 1340. The zero-order valence-electron chi connectivity index (χ0n) is 22.1. The first-order valence-electron chi connectivity index (χ1n) is 13.4. The second kappa shape index (κ2) is 9.89. The summed E-state index contributed by atoms with van der Waals surface area (Å²) in [5.74, 6) is 0.853. The van der Waals surface area contributed by atoms with E-state index in [-0.39, 0.29) is 17.7 Å². The number of halogens is 1. The summed E-state index contributed by atoms with van der Waals surface area (Å²) in [5, 5.41) is 7.90. The number of alkyl carbamates (subject to hydrolysis) is 1. The SMILES string of the molecule is CC(C)(C)OC(=O)NC1c2ncccc2CC12CCN(c1cnc3c(I)nn(C4CCCCO4)c3n1)CC2. The molecule has 10 nitrogen and oxygen atoms in total. The second-order valence-corrected chi connectivity index (χ2v) is 12.6. The van der Waals surface area contributed by atoms with Crippen LogP contribution in [-0.2, 0) is 15.9 Å². The smallest absolute Gasteiger partial charge is 0.408 e. The molecule has 0 saturated carbocycles. The Balaban J connectivity index is 1.23. The average Bonchev–Trinajstić information content (AvgIpc) is 3.38. The maximum atomic E-state index is 12.8. The van der Waals surface area contributed by atoms with Gasteiger partial charge in [0.25, 0.3) is 0 Å². The molecule has 3 aromatic rings. The Kier molecular flexibility index (Phi) is 6.69. The van der Waals surface area contributed by atoms with Crippen molar-refractivity contribution in [2.24, 2.45) is 5.41 Å². The van der Waals surface area contributed by atoms with Gasteiger partial charge in [-0.05, 0) is 93.5 Å². The Morgan fingerprint density at radius 3 is 2.79 bits per heavy atom. The number of piperidine rings is 1. The van der Waals surface area contributed by atoms with Crippen LogP contribution in [0.15, 0.2) is 24.5 Å². The van der Waals surface area contributed by atoms with Gasteiger partial charge in [-0.1, -0.05) is 6.07 Å². The van der Waals surface area contributed by atoms with Crippen molar-refractivity contribution in [2.75, 3.05) is 24.6 Å². The highest BCUT2D eigenvalue weighted by Gasteiger charge is 2.49. The lowest BCUT2D eigenvalue weighted by molar-refractivity contribution is -0.0372. The number of ether oxygens (including phenoxy) is 2. The quantitative estimate of drug-likeness (QED) is 0.406. The van der Waals surface area contributed by atoms with Gasteiger partial charge >= 0.3 is 6.09 Å². The number of anilines is 1. The summed E-state index contributed by atoms with van der Waals surface area (Å²) >= 11 is 2.23. The fourth-order valence-corrected chi connectivity index (χ4v) is 6.67. The van der Waals surface area contributed by atoms with E-state index in [4.69, 9.17) is 24.5 Å². The Hall–Kier alpha value is -2.54. The Labute approximate surface area is 236 Å². The summed E-state index contributed by atoms with van der Waals surface area (Å²) in [4.78, 5) is 29.6. The number of hydrogen-bond acceptors (Lipinski definition) is 8. The molecule has 1 spiro atoms. The minimum Gasteiger partial charge on any atom is -0.444 e. The summed E-state index contributed by atoms with van der Waals surface area (Å²) in [7, 11) is 0. The fourth-order valence-electron chi connectivity index (χ4n) is 6.06. The largest absolute Gasteiger partial charge is 0.444 e. The molecule has 3 aromatic heterocycles. The molecule has 1 amide bonds. The highest BCUT2D eigenvalue weighted by atomic mass is 127. The topological polar surface area (TPSA) is 107 Å². The molecule has 2 atom stereocenters. The van der Waals surface area contributed by atoms with Crippen molar-refractivity contribution in [3.8, 4) is 0 Å². The van der Waals surface area contributed by atoms with Crippen LogP contribution >= 0.6 is 22.6 Å². The van der Waals surface area contributed by atoms with Crippen LogP contribution in [0.5, 0.6) is 0 Å². The normalized spacial score (nSPS) is 23.0. The molecule has 3 aliphatic rings. The minimum absolute atomic E-state index is 0.0897. The molecular weight excluding hydrogens is 597 g/mol. The van der Waals surface area contributed by atoms with E-state index < -0.39 is 11.7 Å². The number of rotatable bonds is 3. The van der Waals surface area contributed by atoms with Crippen molar-refractivity contribution >= 4 is 45.7 Å². The number of hydrogen-bond donors (Lipinski definition) is 1. The van der Waals surface area contributed by atoms with Gasteiger partial charge in [0.1, 0.15) is 16.9 Å². The molecule has 202 valence electrons. The van der Waals surface area contributed by atoms with E-state index in [0.29, 0.717) is 0 Å². The zero-order valence-corrected chi connectivity index (χ0v) is 24.3. The van der Waals surface area contributed by atoms with Gasteiger partial charge < -0.3 is 19.7 Å². The van der Waals surface area contributed by atoms with Crippen LogP contribution in [0.2, 0.25) is 0 Å². The van der Waals surface area contributed by atoms with E-state index in [1.807, 2.05) is 43.9 Å². The van der Waals surface area contributed by atoms with E-state index in [2.05, 4.69) is 43.9 Å². The van der Waals surface area contributed by atoms with Gasteiger partial charge in [0, 0.05) is 31.3 Å². The molecular formula is C27H34IN7O3. The van der Waals surface area contributed by atoms with Crippen molar-refractivity contribution in [1.29, 1.82) is 0 Å². The van der Waals surface area contributed by atoms with Gasteiger partial charge in [0.2, 0.25) is 0 Å². The zero-order chi connectivity index (χ0) is 26.5. The molecule has 0 bridgehead atoms. The number of nitrogens with one attached hydrogen (secondary N) is 1. The van der Waals surface area contributed by atoms with Crippen LogP contribution in [0.1, 0.15) is 76.4 Å². The molecule has 6 rings (SSSR count). The Morgan fingerprint density at radius 1 is 1.24 bits per heavy atom. The monoisotopic (exact) mass is 631 g/mol. The highest BCUT2D eigenvalue weighted by Crippen LogP contribution is 2.51. The number of pyridine rings is 1. The average molecular weight is 632 g/mol. The number of nitrogens with zero attached hydrogens (tertiary/aromatic N) is 6. The molecule has 0 radical (unpaired) electrons. The third-order valence-electron chi connectivity index (χ3n) is 7.88. The van der Waals surface area contributed by atoms with E-state index in [9.17, 15) is 4.79 Å². The van der Waals surface area contributed by atoms with Crippen molar-refractivity contribution < 1.29 is 14.3 Å². The first kappa shape index (κ1) is 25.7. The summed E-state index contributed by atoms with van der Waals surface area (Å²) in [6, 6.07) is 3.92. The summed E-state index contributed by atoms with van der Waals surface area (Å²) < 4.78 is 14.4. The molecule has 2 fully saturated rings. The first-order valence-corrected chi connectivity index (χ1v) is 14.5. The fraction of sp³-hybridized carbons (Fsp3) is 0.593. The number of aromatic nitrogens is 5. The molecule has 2 saturated heterocycles. The second-order valence-electron chi connectivity index (χ2n) is 11.6. The van der Waals surface area contributed by atoms with Gasteiger partial charge in [0.05, 0.1) is 17.9 Å². The van der Waals surface area contributed by atoms with Crippen molar-refractivity contribution in [1.82, 2.24) is 30.0 Å². The Morgan fingerprint density at radius 2 is 2.05 bits per heavy atom. The van der Waals surface area contributed by atoms with Gasteiger partial charge in [-0.3, -0.25) is 4.98 Å². The highest BCUT2D eigenvalue weighted by molar-refractivity contribution is 14.1. The van der Waals surface area contributed by atoms with Crippen LogP contribution in [0.3, 0.4) is 0 Å². The molecule has 1 aliphatic carbocycles. The third kappa shape index (κ3) is 4.83. The van der Waals surface area contributed by atoms with Crippen LogP contribution in [0.25, 0.3) is 11.2 Å². The lowest BCUT2D eigenvalue weighted by Gasteiger charge is -2.43. The van der Waals surface area contributed by atoms with Gasteiger partial charge in [-0.25, -0.2) is 19.4 Å². The maximum absolute atomic E-state index is 12.8. The summed E-state index contributed by atoms with van der Waals surface area (Å²) in [5.41, 5.74) is 3.08. The van der Waals surface area contributed by atoms with Crippen molar-refractivity contribution in [3.05, 3.63) is 39.5 Å². The van der Waals surface area contributed by atoms with Crippen molar-refractivity contribution in [2.45, 2.75) is 77.2 Å². The van der Waals surface area contributed by atoms with Gasteiger partial charge in [0.15, 0.2) is 15.6 Å². The van der Waals surface area contributed by atoms with E-state index >= 15 is 0 Å². The van der Waals surface area contributed by atoms with Crippen LogP contribution in [0, 0.1) is 9.12 Å². The predicted molar refractivity (Wildman–Crippen MR) is 151 cm³/mol. The standard InChI is InChI=1S/C27H34IN7O3/c1-26(2,3)38-25(36)32-22-20-17(7-6-11-29-20)15-27(22)9-12-34(13-10-27)18-16-30-21-23(28)33-35(24(21)31-18)19-8-4-5-14-37-19/h6-7,11,16,19,22H,4-5,8-10,12-15H2,1-3H3,(H,32,36). The van der Waals surface area contributed by atoms with Gasteiger partial charge in [-0.2, -0.15) is 5.10 Å². The third-order valence-corrected chi connectivity index (χ3v) is 8.60. The van der Waals surface area contributed by atoms with E-state index in [1.165, 1.54) is 5.56 Å². The number of amides is 1. The molecule has 38 heavy (non-hydrogen) atoms. The number of carbonyl (C=O) groups excluding carboxylic acids is 1. The summed E-state index contributed by atoms with van der Waals surface area (Å²) in [6.07, 6.45) is 9.00. The van der Waals surface area contributed by atoms with E-state index in [0.717, 1.165) is 84.6 Å². The maximum Gasteiger partial charge on any atom is 0.408 e. The van der Waals surface area contributed by atoms with Crippen LogP contribution in [0.4, 0.5) is 10.6 Å². The molecule has 0 aromatic carbocycles. The van der Waals surface area contributed by atoms with Crippen LogP contribution < -0.4 is 10.2 Å².